The van der Waals surface area contributed by atoms with Crippen LogP contribution in [0.25, 0.3) is 0 Å². The highest BCUT2D eigenvalue weighted by Crippen LogP contribution is 2.25. The lowest BCUT2D eigenvalue weighted by atomic mass is 9.87. The van der Waals surface area contributed by atoms with E-state index in [1.807, 2.05) is 26.0 Å². The van der Waals surface area contributed by atoms with E-state index in [2.05, 4.69) is 30.8 Å². The first kappa shape index (κ1) is 26.7. The third kappa shape index (κ3) is 6.84. The highest BCUT2D eigenvalue weighted by molar-refractivity contribution is 7.92. The molecule has 2 N–H and O–H groups in total. The van der Waals surface area contributed by atoms with E-state index in [9.17, 15) is 18.0 Å². The zero-order valence-electron chi connectivity index (χ0n) is 21.3. The number of piperidine rings is 1. The molecule has 2 unspecified atom stereocenters. The number of amides is 2. The van der Waals surface area contributed by atoms with Crippen LogP contribution >= 0.6 is 0 Å². The van der Waals surface area contributed by atoms with Crippen LogP contribution in [-0.2, 0) is 20.2 Å². The lowest BCUT2D eigenvalue weighted by Gasteiger charge is -2.32. The molecule has 1 aliphatic heterocycles. The first-order chi connectivity index (χ1) is 16.4. The maximum atomic E-state index is 13.2. The Balaban J connectivity index is 1.71. The van der Waals surface area contributed by atoms with Gasteiger partial charge < -0.3 is 10.2 Å². The van der Waals surface area contributed by atoms with Crippen molar-refractivity contribution in [2.45, 2.75) is 70.2 Å². The van der Waals surface area contributed by atoms with Gasteiger partial charge in [0.05, 0.1) is 10.8 Å². The summed E-state index contributed by atoms with van der Waals surface area (Å²) in [5.41, 5.74) is 1.67. The number of nitrogens with zero attached hydrogens (tertiary/aromatic N) is 1. The number of anilines is 1. The predicted octanol–water partition coefficient (Wildman–Crippen LogP) is 4.55. The van der Waals surface area contributed by atoms with E-state index in [-0.39, 0.29) is 34.1 Å². The maximum absolute atomic E-state index is 13.2. The van der Waals surface area contributed by atoms with E-state index in [1.165, 1.54) is 0 Å². The molecular formula is C27H37N3O4S. The SMILES string of the molecule is CCC(C)NC(=O)C1CCCN(C(=O)c2cccc(NS(=O)(=O)c3ccc(C(C)(C)C)cc3)c2)C1. The zero-order valence-corrected chi connectivity index (χ0v) is 22.1. The van der Waals surface area contributed by atoms with E-state index in [4.69, 9.17) is 0 Å². The van der Waals surface area contributed by atoms with Crippen LogP contribution in [-0.4, -0.2) is 44.3 Å². The van der Waals surface area contributed by atoms with Crippen molar-refractivity contribution >= 4 is 27.5 Å². The monoisotopic (exact) mass is 499 g/mol. The topological polar surface area (TPSA) is 95.6 Å². The average molecular weight is 500 g/mol. The van der Waals surface area contributed by atoms with Gasteiger partial charge in [-0.25, -0.2) is 8.42 Å². The summed E-state index contributed by atoms with van der Waals surface area (Å²) in [6.07, 6.45) is 2.35. The van der Waals surface area contributed by atoms with E-state index in [0.29, 0.717) is 24.3 Å². The van der Waals surface area contributed by atoms with Crippen LogP contribution in [0.5, 0.6) is 0 Å². The second-order valence-electron chi connectivity index (χ2n) is 10.4. The third-order valence-corrected chi connectivity index (χ3v) is 7.87. The third-order valence-electron chi connectivity index (χ3n) is 6.47. The number of nitrogens with one attached hydrogen (secondary N) is 2. The number of hydrogen-bond donors (Lipinski definition) is 2. The van der Waals surface area contributed by atoms with Crippen LogP contribution in [0.2, 0.25) is 0 Å². The maximum Gasteiger partial charge on any atom is 0.261 e. The number of carbonyl (C=O) groups is 2. The summed E-state index contributed by atoms with van der Waals surface area (Å²) in [6, 6.07) is 13.4. The van der Waals surface area contributed by atoms with Gasteiger partial charge in [0, 0.05) is 30.4 Å². The molecule has 0 aliphatic carbocycles. The van der Waals surface area contributed by atoms with Gasteiger partial charge in [-0.2, -0.15) is 0 Å². The summed E-state index contributed by atoms with van der Waals surface area (Å²) in [5.74, 6) is -0.461. The molecule has 0 radical (unpaired) electrons. The fourth-order valence-electron chi connectivity index (χ4n) is 4.08. The Kier molecular flexibility index (Phi) is 8.26. The largest absolute Gasteiger partial charge is 0.353 e. The van der Waals surface area contributed by atoms with Crippen LogP contribution in [0.1, 0.15) is 69.8 Å². The van der Waals surface area contributed by atoms with Crippen molar-refractivity contribution in [3.8, 4) is 0 Å². The second-order valence-corrected chi connectivity index (χ2v) is 12.1. The molecule has 190 valence electrons. The summed E-state index contributed by atoms with van der Waals surface area (Å²) in [6.45, 7) is 11.1. The number of rotatable bonds is 7. The molecule has 1 saturated heterocycles. The molecule has 3 rings (SSSR count). The van der Waals surface area contributed by atoms with Gasteiger partial charge in [-0.1, -0.05) is 45.9 Å². The summed E-state index contributed by atoms with van der Waals surface area (Å²) in [7, 11) is -3.80. The first-order valence-corrected chi connectivity index (χ1v) is 13.7. The normalized spacial score (nSPS) is 17.5. The lowest BCUT2D eigenvalue weighted by Crippen LogP contribution is -2.47. The molecule has 2 amide bonds. The van der Waals surface area contributed by atoms with Gasteiger partial charge in [0.2, 0.25) is 5.91 Å². The molecule has 1 fully saturated rings. The molecule has 2 aromatic rings. The van der Waals surface area contributed by atoms with Crippen molar-refractivity contribution in [1.29, 1.82) is 0 Å². The Morgan fingerprint density at radius 3 is 2.43 bits per heavy atom. The van der Waals surface area contributed by atoms with Crippen molar-refractivity contribution in [3.05, 3.63) is 59.7 Å². The van der Waals surface area contributed by atoms with Crippen molar-refractivity contribution in [2.24, 2.45) is 5.92 Å². The molecule has 2 atom stereocenters. The summed E-state index contributed by atoms with van der Waals surface area (Å²) >= 11 is 0. The fraction of sp³-hybridized carbons (Fsp3) is 0.481. The van der Waals surface area contributed by atoms with Crippen LogP contribution in [0.15, 0.2) is 53.4 Å². The number of likely N-dealkylation sites (tertiary alicyclic amines) is 1. The van der Waals surface area contributed by atoms with Gasteiger partial charge in [-0.05, 0) is 67.5 Å². The fourth-order valence-corrected chi connectivity index (χ4v) is 5.13. The van der Waals surface area contributed by atoms with Crippen molar-refractivity contribution < 1.29 is 18.0 Å². The highest BCUT2D eigenvalue weighted by Gasteiger charge is 2.29. The molecule has 0 aromatic heterocycles. The van der Waals surface area contributed by atoms with Gasteiger partial charge in [0.15, 0.2) is 0 Å². The standard InChI is InChI=1S/C27H37N3O4S/c1-6-19(2)28-25(31)21-10-8-16-30(18-21)26(32)20-9-7-11-23(17-20)29-35(33,34)24-14-12-22(13-15-24)27(3,4)5/h7,9,11-15,17,19,21,29H,6,8,10,16,18H2,1-5H3,(H,28,31). The Hall–Kier alpha value is -2.87. The molecule has 35 heavy (non-hydrogen) atoms. The number of benzene rings is 2. The number of carbonyl (C=O) groups excluding carboxylic acids is 2. The smallest absolute Gasteiger partial charge is 0.261 e. The van der Waals surface area contributed by atoms with Gasteiger partial charge in [0.1, 0.15) is 0 Å². The minimum Gasteiger partial charge on any atom is -0.353 e. The minimum absolute atomic E-state index is 0.0177. The Morgan fingerprint density at radius 1 is 1.11 bits per heavy atom. The average Bonchev–Trinajstić information content (AvgIpc) is 2.83. The Labute approximate surface area is 209 Å². The van der Waals surface area contributed by atoms with E-state index in [1.54, 1.807) is 41.3 Å². The molecule has 7 nitrogen and oxygen atoms in total. The quantitative estimate of drug-likeness (QED) is 0.584. The molecule has 2 aromatic carbocycles. The summed E-state index contributed by atoms with van der Waals surface area (Å²) in [5, 5.41) is 3.01. The van der Waals surface area contributed by atoms with Gasteiger partial charge in [-0.3, -0.25) is 14.3 Å². The van der Waals surface area contributed by atoms with E-state index < -0.39 is 10.0 Å². The van der Waals surface area contributed by atoms with Crippen LogP contribution in [0.3, 0.4) is 0 Å². The van der Waals surface area contributed by atoms with E-state index in [0.717, 1.165) is 24.8 Å². The molecular weight excluding hydrogens is 462 g/mol. The number of sulfonamides is 1. The first-order valence-electron chi connectivity index (χ1n) is 12.2. The predicted molar refractivity (Wildman–Crippen MR) is 139 cm³/mol. The summed E-state index contributed by atoms with van der Waals surface area (Å²) in [4.78, 5) is 27.6. The van der Waals surface area contributed by atoms with Gasteiger partial charge in [-0.15, -0.1) is 0 Å². The van der Waals surface area contributed by atoms with E-state index >= 15 is 0 Å². The van der Waals surface area contributed by atoms with Crippen molar-refractivity contribution in [2.75, 3.05) is 17.8 Å². The van der Waals surface area contributed by atoms with Crippen LogP contribution in [0.4, 0.5) is 5.69 Å². The van der Waals surface area contributed by atoms with Gasteiger partial charge in [0.25, 0.3) is 15.9 Å². The highest BCUT2D eigenvalue weighted by atomic mass is 32.2. The van der Waals surface area contributed by atoms with Crippen LogP contribution < -0.4 is 10.0 Å². The molecule has 0 spiro atoms. The Bertz CT molecular complexity index is 1150. The molecule has 0 saturated carbocycles. The number of hydrogen-bond acceptors (Lipinski definition) is 4. The summed E-state index contributed by atoms with van der Waals surface area (Å²) < 4.78 is 28.4. The minimum atomic E-state index is -3.80. The second kappa shape index (κ2) is 10.8. The lowest BCUT2D eigenvalue weighted by molar-refractivity contribution is -0.126. The zero-order chi connectivity index (χ0) is 25.8. The van der Waals surface area contributed by atoms with Crippen molar-refractivity contribution in [1.82, 2.24) is 10.2 Å². The molecule has 0 bridgehead atoms. The van der Waals surface area contributed by atoms with Crippen LogP contribution in [0, 0.1) is 5.92 Å². The van der Waals surface area contributed by atoms with Crippen molar-refractivity contribution in [3.63, 3.8) is 0 Å². The molecule has 1 aliphatic rings. The van der Waals surface area contributed by atoms with Gasteiger partial charge >= 0.3 is 0 Å². The molecule has 8 heteroatoms. The Morgan fingerprint density at radius 2 is 1.80 bits per heavy atom. The molecule has 1 heterocycles.